The van der Waals surface area contributed by atoms with Crippen molar-refractivity contribution in [1.82, 2.24) is 0 Å². The second-order valence-corrected chi connectivity index (χ2v) is 4.73. The van der Waals surface area contributed by atoms with Gasteiger partial charge in [-0.1, -0.05) is 13.7 Å². The Bertz CT molecular complexity index is 155. The maximum Gasteiger partial charge on any atom is 0.115 e. The Morgan fingerprint density at radius 2 is 2.50 bits per heavy atom. The molecule has 0 N–H and O–H groups in total. The van der Waals surface area contributed by atoms with Crippen molar-refractivity contribution < 1.29 is 4.74 Å². The summed E-state index contributed by atoms with van der Waals surface area (Å²) in [6.45, 7) is 4.41. The average Bonchev–Trinajstić information content (AvgIpc) is 2.32. The van der Waals surface area contributed by atoms with Crippen molar-refractivity contribution in [2.45, 2.75) is 18.4 Å². The highest BCUT2D eigenvalue weighted by Crippen LogP contribution is 2.63. The first-order valence-corrected chi connectivity index (χ1v) is 4.74. The molecule has 0 saturated carbocycles. The van der Waals surface area contributed by atoms with Crippen molar-refractivity contribution in [3.05, 3.63) is 11.9 Å². The zero-order valence-electron chi connectivity index (χ0n) is 5.09. The normalized spacial score (nSPS) is 58.8. The van der Waals surface area contributed by atoms with Gasteiger partial charge in [-0.25, -0.2) is 0 Å². The van der Waals surface area contributed by atoms with Gasteiger partial charge in [0.25, 0.3) is 0 Å². The van der Waals surface area contributed by atoms with Crippen LogP contribution in [0.3, 0.4) is 0 Å². The van der Waals surface area contributed by atoms with Crippen LogP contribution in [-0.4, -0.2) is 18.1 Å². The number of rotatable bonds is 0. The van der Waals surface area contributed by atoms with E-state index in [-0.39, 0.29) is 13.5 Å². The molecule has 1 saturated heterocycles. The van der Waals surface area contributed by atoms with E-state index in [9.17, 15) is 0 Å². The number of ether oxygens (including phenoxy) is 1. The Morgan fingerprint density at radius 3 is 2.62 bits per heavy atom. The van der Waals surface area contributed by atoms with Gasteiger partial charge in [0.05, 0.1) is 0 Å². The monoisotopic (exact) mass is 128 g/mol. The van der Waals surface area contributed by atoms with Crippen LogP contribution in [0.1, 0.15) is 6.92 Å². The topological polar surface area (TPSA) is 12.5 Å². The minimum absolute atomic E-state index is 0.0965. The highest BCUT2D eigenvalue weighted by molar-refractivity contribution is 7.61. The van der Waals surface area contributed by atoms with E-state index in [2.05, 4.69) is 25.5 Å². The lowest BCUT2D eigenvalue weighted by Gasteiger charge is -1.92. The number of epoxide rings is 1. The van der Waals surface area contributed by atoms with Crippen LogP contribution in [0.4, 0.5) is 0 Å². The predicted molar refractivity (Wildman–Crippen MR) is 35.3 cm³/mol. The van der Waals surface area contributed by atoms with E-state index in [0.717, 1.165) is 0 Å². The van der Waals surface area contributed by atoms with Gasteiger partial charge in [-0.3, -0.25) is 0 Å². The average molecular weight is 128 g/mol. The SMILES string of the molecule is CP1C=CC2(C)OC12. The summed E-state index contributed by atoms with van der Waals surface area (Å²) >= 11 is 0. The fourth-order valence-electron chi connectivity index (χ4n) is 1.16. The molecule has 0 aliphatic carbocycles. The molecule has 1 fully saturated rings. The fourth-order valence-corrected chi connectivity index (χ4v) is 3.13. The van der Waals surface area contributed by atoms with Crippen LogP contribution < -0.4 is 0 Å². The molecule has 3 unspecified atom stereocenters. The minimum atomic E-state index is 0.0965. The molecule has 2 heteroatoms. The van der Waals surface area contributed by atoms with Crippen molar-refractivity contribution in [3.63, 3.8) is 0 Å². The summed E-state index contributed by atoms with van der Waals surface area (Å²) in [7, 11) is 0.0965. The molecule has 44 valence electrons. The molecule has 3 atom stereocenters. The van der Waals surface area contributed by atoms with E-state index in [0.29, 0.717) is 5.85 Å². The Balaban J connectivity index is 2.27. The summed E-state index contributed by atoms with van der Waals surface area (Å²) in [5.74, 6) is 2.88. The molecule has 0 aromatic rings. The molecule has 0 aromatic heterocycles. The maximum absolute atomic E-state index is 5.39. The van der Waals surface area contributed by atoms with Crippen LogP contribution in [0.5, 0.6) is 0 Å². The number of hydrogen-bond donors (Lipinski definition) is 0. The molecule has 0 amide bonds. The summed E-state index contributed by atoms with van der Waals surface area (Å²) < 4.78 is 5.39. The lowest BCUT2D eigenvalue weighted by molar-refractivity contribution is 0.361. The predicted octanol–water partition coefficient (Wildman–Crippen LogP) is 1.74. The van der Waals surface area contributed by atoms with E-state index >= 15 is 0 Å². The van der Waals surface area contributed by atoms with Gasteiger partial charge in [-0.15, -0.1) is 0 Å². The van der Waals surface area contributed by atoms with Gasteiger partial charge in [0.15, 0.2) is 0 Å². The molecular weight excluding hydrogens is 119 g/mol. The van der Waals surface area contributed by atoms with Gasteiger partial charge in [-0.2, -0.15) is 0 Å². The van der Waals surface area contributed by atoms with Gasteiger partial charge in [0.2, 0.25) is 0 Å². The van der Waals surface area contributed by atoms with E-state index in [4.69, 9.17) is 4.74 Å². The summed E-state index contributed by atoms with van der Waals surface area (Å²) in [6, 6.07) is 0. The first-order valence-electron chi connectivity index (χ1n) is 2.81. The first-order chi connectivity index (χ1) is 3.72. The molecule has 0 aromatic carbocycles. The highest BCUT2D eigenvalue weighted by atomic mass is 31.1. The second-order valence-electron chi connectivity index (χ2n) is 2.64. The first kappa shape index (κ1) is 4.96. The smallest absolute Gasteiger partial charge is 0.115 e. The van der Waals surface area contributed by atoms with Gasteiger partial charge < -0.3 is 4.74 Å². The highest BCUT2D eigenvalue weighted by Gasteiger charge is 2.55. The molecule has 0 bridgehead atoms. The lowest BCUT2D eigenvalue weighted by Crippen LogP contribution is -1.96. The zero-order chi connectivity index (χ0) is 5.78. The molecule has 8 heavy (non-hydrogen) atoms. The van der Waals surface area contributed by atoms with Crippen LogP contribution in [0, 0.1) is 0 Å². The van der Waals surface area contributed by atoms with Crippen LogP contribution in [-0.2, 0) is 4.74 Å². The van der Waals surface area contributed by atoms with Crippen LogP contribution in [0.25, 0.3) is 0 Å². The molecule has 0 spiro atoms. The molecule has 0 radical (unpaired) electrons. The molecule has 2 aliphatic rings. The summed E-state index contributed by atoms with van der Waals surface area (Å²) in [5.41, 5.74) is 0.181. The van der Waals surface area contributed by atoms with E-state index in [1.54, 1.807) is 0 Å². The maximum atomic E-state index is 5.39. The quantitative estimate of drug-likeness (QED) is 0.357. The van der Waals surface area contributed by atoms with E-state index in [1.165, 1.54) is 0 Å². The fraction of sp³-hybridized carbons (Fsp3) is 0.667. The molecular formula is C6H9OP. The van der Waals surface area contributed by atoms with Crippen molar-refractivity contribution >= 4 is 7.92 Å². The summed E-state index contributed by atoms with van der Waals surface area (Å²) in [5, 5.41) is 0. The van der Waals surface area contributed by atoms with Gasteiger partial charge in [0.1, 0.15) is 11.4 Å². The Hall–Kier alpha value is 0.130. The zero-order valence-corrected chi connectivity index (χ0v) is 5.98. The van der Waals surface area contributed by atoms with Crippen LogP contribution in [0.2, 0.25) is 0 Å². The molecule has 2 aliphatic heterocycles. The molecule has 1 nitrogen and oxygen atoms in total. The molecule has 2 heterocycles. The van der Waals surface area contributed by atoms with Gasteiger partial charge >= 0.3 is 0 Å². The molecule has 2 rings (SSSR count). The van der Waals surface area contributed by atoms with Crippen molar-refractivity contribution in [3.8, 4) is 0 Å². The second kappa shape index (κ2) is 1.17. The Morgan fingerprint density at radius 1 is 1.75 bits per heavy atom. The van der Waals surface area contributed by atoms with Gasteiger partial charge in [-0.05, 0) is 19.7 Å². The van der Waals surface area contributed by atoms with Crippen LogP contribution in [0.15, 0.2) is 11.9 Å². The van der Waals surface area contributed by atoms with Gasteiger partial charge in [0, 0.05) is 0 Å². The van der Waals surface area contributed by atoms with E-state index < -0.39 is 0 Å². The van der Waals surface area contributed by atoms with Crippen molar-refractivity contribution in [1.29, 1.82) is 0 Å². The van der Waals surface area contributed by atoms with E-state index in [1.807, 2.05) is 0 Å². The van der Waals surface area contributed by atoms with Crippen molar-refractivity contribution in [2.24, 2.45) is 0 Å². The third-order valence-electron chi connectivity index (χ3n) is 1.81. The van der Waals surface area contributed by atoms with Crippen molar-refractivity contribution in [2.75, 3.05) is 6.66 Å². The summed E-state index contributed by atoms with van der Waals surface area (Å²) in [4.78, 5) is 0. The standard InChI is InChI=1S/C6H9OP/c1-6-3-4-8(2)5(6)7-6/h3-5H,1-2H3. The lowest BCUT2D eigenvalue weighted by atomic mass is 10.2. The third-order valence-corrected chi connectivity index (χ3v) is 3.79. The summed E-state index contributed by atoms with van der Waals surface area (Å²) in [6.07, 6.45) is 2.20. The third kappa shape index (κ3) is 0.441. The van der Waals surface area contributed by atoms with Crippen LogP contribution >= 0.6 is 7.92 Å². The number of fused-ring (bicyclic) bond motifs is 1. The largest absolute Gasteiger partial charge is 0.357 e. The number of hydrogen-bond acceptors (Lipinski definition) is 1. The Labute approximate surface area is 50.5 Å². The minimum Gasteiger partial charge on any atom is -0.357 e. The Kier molecular flexibility index (Phi) is 0.725.